The van der Waals surface area contributed by atoms with Crippen molar-refractivity contribution < 1.29 is 4.74 Å². The number of ether oxygens (including phenoxy) is 1. The minimum absolute atomic E-state index is 0.0767. The van der Waals surface area contributed by atoms with Gasteiger partial charge in [-0.15, -0.1) is 0 Å². The first-order valence-electron chi connectivity index (χ1n) is 7.43. The molecule has 0 amide bonds. The summed E-state index contributed by atoms with van der Waals surface area (Å²) < 4.78 is 6.69. The van der Waals surface area contributed by atoms with Crippen LogP contribution < -0.4 is 5.56 Å². The monoisotopic (exact) mass is 321 g/mol. The van der Waals surface area contributed by atoms with Gasteiger partial charge in [-0.25, -0.2) is 0 Å². The van der Waals surface area contributed by atoms with E-state index in [2.05, 4.69) is 10.00 Å². The molecule has 0 saturated carbocycles. The van der Waals surface area contributed by atoms with Gasteiger partial charge >= 0.3 is 0 Å². The van der Waals surface area contributed by atoms with E-state index < -0.39 is 0 Å². The molecule has 2 aromatic rings. The van der Waals surface area contributed by atoms with E-state index in [1.807, 2.05) is 24.3 Å². The van der Waals surface area contributed by atoms with E-state index in [-0.39, 0.29) is 5.56 Å². The van der Waals surface area contributed by atoms with Gasteiger partial charge in [0.25, 0.3) is 5.56 Å². The SMILES string of the molecule is COCCn1[nH]c2c(c1=O)CN(Cc1ccc(Cl)cc1)CC2. The van der Waals surface area contributed by atoms with Crippen LogP contribution in [0.5, 0.6) is 0 Å². The number of benzene rings is 1. The van der Waals surface area contributed by atoms with E-state index >= 15 is 0 Å². The van der Waals surface area contributed by atoms with Crippen molar-refractivity contribution in [2.24, 2.45) is 0 Å². The molecule has 118 valence electrons. The summed E-state index contributed by atoms with van der Waals surface area (Å²) in [5.41, 5.74) is 3.24. The van der Waals surface area contributed by atoms with E-state index in [1.54, 1.807) is 11.8 Å². The molecule has 2 heterocycles. The number of hydrogen-bond acceptors (Lipinski definition) is 3. The van der Waals surface area contributed by atoms with Crippen LogP contribution in [0.2, 0.25) is 5.02 Å². The van der Waals surface area contributed by atoms with Crippen molar-refractivity contribution in [3.63, 3.8) is 0 Å². The van der Waals surface area contributed by atoms with Gasteiger partial charge in [-0.3, -0.25) is 19.5 Å². The van der Waals surface area contributed by atoms with Gasteiger partial charge in [0.05, 0.1) is 18.7 Å². The number of H-pyrrole nitrogens is 1. The van der Waals surface area contributed by atoms with Crippen LogP contribution in [-0.2, 0) is 30.8 Å². The number of rotatable bonds is 5. The second-order valence-electron chi connectivity index (χ2n) is 5.61. The van der Waals surface area contributed by atoms with Crippen LogP contribution in [0, 0.1) is 0 Å². The van der Waals surface area contributed by atoms with Crippen LogP contribution in [0.4, 0.5) is 0 Å². The van der Waals surface area contributed by atoms with E-state index in [0.29, 0.717) is 19.7 Å². The molecule has 0 saturated heterocycles. The summed E-state index contributed by atoms with van der Waals surface area (Å²) in [5, 5.41) is 3.96. The Hall–Kier alpha value is -1.56. The molecule has 22 heavy (non-hydrogen) atoms. The van der Waals surface area contributed by atoms with Gasteiger partial charge in [0.2, 0.25) is 0 Å². The number of hydrogen-bond donors (Lipinski definition) is 1. The van der Waals surface area contributed by atoms with Crippen LogP contribution >= 0.6 is 11.6 Å². The van der Waals surface area contributed by atoms with E-state index in [9.17, 15) is 4.79 Å². The lowest BCUT2D eigenvalue weighted by molar-refractivity contribution is 0.182. The van der Waals surface area contributed by atoms with Gasteiger partial charge in [-0.1, -0.05) is 23.7 Å². The fourth-order valence-electron chi connectivity index (χ4n) is 2.84. The molecule has 1 aliphatic heterocycles. The number of nitrogens with one attached hydrogen (secondary N) is 1. The van der Waals surface area contributed by atoms with Crippen LogP contribution in [-0.4, -0.2) is 34.9 Å². The largest absolute Gasteiger partial charge is 0.383 e. The first-order chi connectivity index (χ1) is 10.7. The van der Waals surface area contributed by atoms with E-state index in [4.69, 9.17) is 16.3 Å². The zero-order valence-corrected chi connectivity index (χ0v) is 13.4. The average molecular weight is 322 g/mol. The molecule has 0 radical (unpaired) electrons. The van der Waals surface area contributed by atoms with E-state index in [0.717, 1.165) is 35.8 Å². The molecule has 0 aliphatic carbocycles. The predicted molar refractivity (Wildman–Crippen MR) is 86.2 cm³/mol. The number of halogens is 1. The molecule has 6 heteroatoms. The lowest BCUT2D eigenvalue weighted by Gasteiger charge is -2.25. The summed E-state index contributed by atoms with van der Waals surface area (Å²) in [5.74, 6) is 0. The Morgan fingerprint density at radius 3 is 2.82 bits per heavy atom. The average Bonchev–Trinajstić information content (AvgIpc) is 2.84. The second-order valence-corrected chi connectivity index (χ2v) is 6.04. The normalized spacial score (nSPS) is 15.0. The molecule has 0 unspecified atom stereocenters. The summed E-state index contributed by atoms with van der Waals surface area (Å²) in [6.07, 6.45) is 0.873. The Kier molecular flexibility index (Phi) is 4.66. The second kappa shape index (κ2) is 6.69. The number of nitrogens with zero attached hydrogens (tertiary/aromatic N) is 2. The highest BCUT2D eigenvalue weighted by Crippen LogP contribution is 2.18. The fourth-order valence-corrected chi connectivity index (χ4v) is 2.96. The third-order valence-electron chi connectivity index (χ3n) is 4.04. The number of aromatic nitrogens is 2. The quantitative estimate of drug-likeness (QED) is 0.917. The van der Waals surface area contributed by atoms with Gasteiger partial charge in [-0.05, 0) is 17.7 Å². The van der Waals surface area contributed by atoms with Gasteiger partial charge in [0, 0.05) is 43.9 Å². The van der Waals surface area contributed by atoms with Gasteiger partial charge in [-0.2, -0.15) is 0 Å². The van der Waals surface area contributed by atoms with Crippen LogP contribution in [0.25, 0.3) is 0 Å². The first-order valence-corrected chi connectivity index (χ1v) is 7.81. The molecule has 0 atom stereocenters. The zero-order chi connectivity index (χ0) is 15.5. The summed E-state index contributed by atoms with van der Waals surface area (Å²) in [7, 11) is 1.64. The summed E-state index contributed by atoms with van der Waals surface area (Å²) >= 11 is 5.91. The van der Waals surface area contributed by atoms with Crippen molar-refractivity contribution in [1.29, 1.82) is 0 Å². The number of aromatic amines is 1. The van der Waals surface area contributed by atoms with Gasteiger partial charge < -0.3 is 4.74 Å². The molecule has 0 fully saturated rings. The maximum Gasteiger partial charge on any atom is 0.271 e. The van der Waals surface area contributed by atoms with Crippen LogP contribution in [0.3, 0.4) is 0 Å². The topological polar surface area (TPSA) is 50.3 Å². The maximum absolute atomic E-state index is 12.4. The molecule has 1 aliphatic rings. The Morgan fingerprint density at radius 1 is 1.32 bits per heavy atom. The summed E-state index contributed by atoms with van der Waals surface area (Å²) in [6, 6.07) is 7.87. The maximum atomic E-state index is 12.4. The molecular formula is C16H20ClN3O2. The molecular weight excluding hydrogens is 302 g/mol. The van der Waals surface area contributed by atoms with Crippen LogP contribution in [0.15, 0.2) is 29.1 Å². The van der Waals surface area contributed by atoms with Crippen molar-refractivity contribution in [1.82, 2.24) is 14.7 Å². The highest BCUT2D eigenvalue weighted by Gasteiger charge is 2.22. The molecule has 5 nitrogen and oxygen atoms in total. The molecule has 1 aromatic carbocycles. The zero-order valence-electron chi connectivity index (χ0n) is 12.6. The fraction of sp³-hybridized carbons (Fsp3) is 0.438. The summed E-state index contributed by atoms with van der Waals surface area (Å²) in [4.78, 5) is 14.7. The third kappa shape index (κ3) is 3.27. The molecule has 1 N–H and O–H groups in total. The Morgan fingerprint density at radius 2 is 2.09 bits per heavy atom. The lowest BCUT2D eigenvalue weighted by Crippen LogP contribution is -2.32. The third-order valence-corrected chi connectivity index (χ3v) is 4.29. The minimum atomic E-state index is 0.0767. The standard InChI is InChI=1S/C16H20ClN3O2/c1-22-9-8-20-16(21)14-11-19(7-6-15(14)18-20)10-12-2-4-13(17)5-3-12/h2-5,18H,6-11H2,1H3. The Labute approximate surface area is 134 Å². The number of fused-ring (bicyclic) bond motifs is 1. The van der Waals surface area contributed by atoms with Crippen molar-refractivity contribution in [2.45, 2.75) is 26.1 Å². The van der Waals surface area contributed by atoms with Crippen molar-refractivity contribution >= 4 is 11.6 Å². The van der Waals surface area contributed by atoms with Gasteiger partial charge in [0.1, 0.15) is 0 Å². The van der Waals surface area contributed by atoms with Crippen molar-refractivity contribution in [3.8, 4) is 0 Å². The first kappa shape index (κ1) is 15.3. The van der Waals surface area contributed by atoms with E-state index in [1.165, 1.54) is 5.56 Å². The number of methoxy groups -OCH3 is 1. The highest BCUT2D eigenvalue weighted by atomic mass is 35.5. The van der Waals surface area contributed by atoms with Crippen molar-refractivity contribution in [2.75, 3.05) is 20.3 Å². The summed E-state index contributed by atoms with van der Waals surface area (Å²) in [6.45, 7) is 3.57. The van der Waals surface area contributed by atoms with Gasteiger partial charge in [0.15, 0.2) is 0 Å². The molecule has 3 rings (SSSR count). The predicted octanol–water partition coefficient (Wildman–Crippen LogP) is 2.03. The highest BCUT2D eigenvalue weighted by molar-refractivity contribution is 6.30. The molecule has 0 spiro atoms. The minimum Gasteiger partial charge on any atom is -0.383 e. The molecule has 1 aromatic heterocycles. The lowest BCUT2D eigenvalue weighted by atomic mass is 10.1. The Bertz CT molecular complexity index is 690. The smallest absolute Gasteiger partial charge is 0.271 e. The Balaban J connectivity index is 1.71. The van der Waals surface area contributed by atoms with Crippen LogP contribution in [0.1, 0.15) is 16.8 Å². The molecule has 0 bridgehead atoms. The van der Waals surface area contributed by atoms with Crippen molar-refractivity contribution in [3.05, 3.63) is 56.5 Å².